The van der Waals surface area contributed by atoms with E-state index in [1.165, 1.54) is 0 Å². The second-order valence-electron chi connectivity index (χ2n) is 4.38. The normalized spacial score (nSPS) is 10.7. The smallest absolute Gasteiger partial charge is 0.265 e. The molecule has 0 saturated carbocycles. The van der Waals surface area contributed by atoms with Crippen molar-refractivity contribution < 1.29 is 4.79 Å². The zero-order chi connectivity index (χ0) is 14.7. The number of aromatic nitrogens is 4. The maximum absolute atomic E-state index is 11.9. The van der Waals surface area contributed by atoms with Gasteiger partial charge in [0, 0.05) is 12.7 Å². The van der Waals surface area contributed by atoms with Gasteiger partial charge in [-0.3, -0.25) is 9.48 Å². The number of rotatable bonds is 5. The van der Waals surface area contributed by atoms with Crippen LogP contribution in [0.1, 0.15) is 15.4 Å². The molecule has 0 unspecified atom stereocenters. The van der Waals surface area contributed by atoms with Gasteiger partial charge in [-0.05, 0) is 36.0 Å². The molecule has 0 radical (unpaired) electrons. The number of thiophene rings is 1. The van der Waals surface area contributed by atoms with Gasteiger partial charge in [0.25, 0.3) is 5.91 Å². The Hall–Kier alpha value is -2.06. The van der Waals surface area contributed by atoms with Crippen LogP contribution in [0.2, 0.25) is 0 Å². The summed E-state index contributed by atoms with van der Waals surface area (Å²) in [4.78, 5) is 13.6. The molecule has 0 bridgehead atoms. The fraction of sp³-hybridized carbons (Fsp3) is 0.231. The molecule has 0 atom stereocenters. The molecule has 0 aromatic carbocycles. The third kappa shape index (κ3) is 3.17. The summed E-state index contributed by atoms with van der Waals surface area (Å²) < 4.78 is 5.58. The Morgan fingerprint density at radius 1 is 1.43 bits per heavy atom. The third-order valence-electron chi connectivity index (χ3n) is 2.90. The van der Waals surface area contributed by atoms with E-state index < -0.39 is 0 Å². The minimum atomic E-state index is -0.131. The van der Waals surface area contributed by atoms with Crippen molar-refractivity contribution in [3.05, 3.63) is 40.3 Å². The zero-order valence-corrected chi connectivity index (χ0v) is 12.9. The molecule has 21 heavy (non-hydrogen) atoms. The highest BCUT2D eigenvalue weighted by Crippen LogP contribution is 2.22. The van der Waals surface area contributed by atoms with Crippen LogP contribution in [0.15, 0.2) is 29.8 Å². The van der Waals surface area contributed by atoms with Gasteiger partial charge in [0.05, 0.1) is 17.1 Å². The molecule has 3 heterocycles. The average molecular weight is 319 g/mol. The van der Waals surface area contributed by atoms with Gasteiger partial charge in [0.15, 0.2) is 0 Å². The monoisotopic (exact) mass is 319 g/mol. The molecule has 0 saturated heterocycles. The highest BCUT2D eigenvalue weighted by atomic mass is 32.1. The maximum Gasteiger partial charge on any atom is 0.265 e. The third-order valence-corrected chi connectivity index (χ3v) is 4.62. The molecule has 8 heteroatoms. The van der Waals surface area contributed by atoms with Crippen LogP contribution in [-0.4, -0.2) is 31.8 Å². The van der Waals surface area contributed by atoms with Gasteiger partial charge < -0.3 is 5.32 Å². The molecule has 0 aliphatic rings. The number of aryl methyl sites for hydroxylation is 1. The van der Waals surface area contributed by atoms with Gasteiger partial charge in [-0.2, -0.15) is 5.10 Å². The Balaban J connectivity index is 1.54. The Bertz CT molecular complexity index is 731. The molecule has 0 aliphatic heterocycles. The molecule has 0 fully saturated rings. The lowest BCUT2D eigenvalue weighted by molar-refractivity contribution is 0.0955. The minimum absolute atomic E-state index is 0.131. The number of hydrogen-bond acceptors (Lipinski definition) is 6. The topological polar surface area (TPSA) is 72.7 Å². The van der Waals surface area contributed by atoms with E-state index in [2.05, 4.69) is 20.0 Å². The van der Waals surface area contributed by atoms with Crippen LogP contribution in [0.5, 0.6) is 0 Å². The van der Waals surface area contributed by atoms with E-state index in [9.17, 15) is 4.79 Å². The summed E-state index contributed by atoms with van der Waals surface area (Å²) in [6.45, 7) is 2.92. The standard InChI is InChI=1S/C13H13N5OS2/c1-9-12(21-17-15-9)13(19)14-5-7-18-6-4-10(16-18)11-3-2-8-20-11/h2-4,6,8H,5,7H2,1H3,(H,14,19). The van der Waals surface area contributed by atoms with Crippen molar-refractivity contribution in [2.24, 2.45) is 0 Å². The summed E-state index contributed by atoms with van der Waals surface area (Å²) in [7, 11) is 0. The largest absolute Gasteiger partial charge is 0.349 e. The van der Waals surface area contributed by atoms with Gasteiger partial charge in [-0.1, -0.05) is 10.6 Å². The molecule has 3 aromatic rings. The second-order valence-corrected chi connectivity index (χ2v) is 6.09. The predicted molar refractivity (Wildman–Crippen MR) is 82.5 cm³/mol. The van der Waals surface area contributed by atoms with E-state index in [0.717, 1.165) is 22.1 Å². The number of nitrogens with one attached hydrogen (secondary N) is 1. The summed E-state index contributed by atoms with van der Waals surface area (Å²) in [6, 6.07) is 6.02. The number of carbonyl (C=O) groups is 1. The number of hydrogen-bond donors (Lipinski definition) is 1. The lowest BCUT2D eigenvalue weighted by Gasteiger charge is -2.04. The van der Waals surface area contributed by atoms with E-state index >= 15 is 0 Å². The molecule has 3 aromatic heterocycles. The summed E-state index contributed by atoms with van der Waals surface area (Å²) >= 11 is 2.77. The second kappa shape index (κ2) is 6.15. The summed E-state index contributed by atoms with van der Waals surface area (Å²) in [6.07, 6.45) is 1.92. The summed E-state index contributed by atoms with van der Waals surface area (Å²) in [5.74, 6) is -0.131. The van der Waals surface area contributed by atoms with Crippen molar-refractivity contribution in [1.82, 2.24) is 24.7 Å². The molecule has 108 valence electrons. The van der Waals surface area contributed by atoms with E-state index in [0.29, 0.717) is 23.7 Å². The highest BCUT2D eigenvalue weighted by molar-refractivity contribution is 7.13. The Kier molecular flexibility index (Phi) is 4.07. The minimum Gasteiger partial charge on any atom is -0.349 e. The number of carbonyl (C=O) groups excluding carboxylic acids is 1. The van der Waals surface area contributed by atoms with E-state index in [4.69, 9.17) is 0 Å². The molecular weight excluding hydrogens is 306 g/mol. The van der Waals surface area contributed by atoms with E-state index in [1.807, 2.05) is 34.5 Å². The van der Waals surface area contributed by atoms with E-state index in [1.54, 1.807) is 18.3 Å². The van der Waals surface area contributed by atoms with Crippen LogP contribution in [0.3, 0.4) is 0 Å². The highest BCUT2D eigenvalue weighted by Gasteiger charge is 2.12. The van der Waals surface area contributed by atoms with Crippen LogP contribution in [0.25, 0.3) is 10.6 Å². The Morgan fingerprint density at radius 3 is 3.05 bits per heavy atom. The van der Waals surface area contributed by atoms with Crippen LogP contribution in [-0.2, 0) is 6.54 Å². The number of amides is 1. The first-order chi connectivity index (χ1) is 10.2. The van der Waals surface area contributed by atoms with Crippen molar-refractivity contribution in [3.8, 4) is 10.6 Å². The lowest BCUT2D eigenvalue weighted by Crippen LogP contribution is -2.27. The van der Waals surface area contributed by atoms with Crippen molar-refractivity contribution in [3.63, 3.8) is 0 Å². The molecule has 0 aliphatic carbocycles. The first-order valence-corrected chi connectivity index (χ1v) is 8.04. The molecule has 6 nitrogen and oxygen atoms in total. The first-order valence-electron chi connectivity index (χ1n) is 6.38. The Labute approximate surface area is 129 Å². The fourth-order valence-corrected chi connectivity index (χ4v) is 3.11. The fourth-order valence-electron chi connectivity index (χ4n) is 1.85. The van der Waals surface area contributed by atoms with Crippen LogP contribution < -0.4 is 5.32 Å². The first kappa shape index (κ1) is 13.9. The van der Waals surface area contributed by atoms with Gasteiger partial charge in [0.2, 0.25) is 0 Å². The predicted octanol–water partition coefficient (Wildman–Crippen LogP) is 2.20. The summed E-state index contributed by atoms with van der Waals surface area (Å²) in [5.41, 5.74) is 1.62. The average Bonchev–Trinajstić information content (AvgIpc) is 3.19. The lowest BCUT2D eigenvalue weighted by atomic mass is 10.3. The van der Waals surface area contributed by atoms with Crippen molar-refractivity contribution >= 4 is 28.8 Å². The van der Waals surface area contributed by atoms with Gasteiger partial charge in [0.1, 0.15) is 10.6 Å². The molecule has 1 N–H and O–H groups in total. The number of nitrogens with zero attached hydrogens (tertiary/aromatic N) is 4. The van der Waals surface area contributed by atoms with Gasteiger partial charge in [-0.15, -0.1) is 16.4 Å². The zero-order valence-electron chi connectivity index (χ0n) is 11.3. The molecule has 0 spiro atoms. The van der Waals surface area contributed by atoms with Crippen molar-refractivity contribution in [2.45, 2.75) is 13.5 Å². The molecular formula is C13H13N5OS2. The van der Waals surface area contributed by atoms with Crippen molar-refractivity contribution in [1.29, 1.82) is 0 Å². The van der Waals surface area contributed by atoms with Crippen LogP contribution in [0, 0.1) is 6.92 Å². The Morgan fingerprint density at radius 2 is 2.33 bits per heavy atom. The summed E-state index contributed by atoms with van der Waals surface area (Å²) in [5, 5.41) is 13.2. The molecule has 3 rings (SSSR count). The SMILES string of the molecule is Cc1nnsc1C(=O)NCCn1ccc(-c2cccs2)n1. The molecule has 1 amide bonds. The van der Waals surface area contributed by atoms with Gasteiger partial charge >= 0.3 is 0 Å². The van der Waals surface area contributed by atoms with Crippen LogP contribution >= 0.6 is 22.9 Å². The van der Waals surface area contributed by atoms with Gasteiger partial charge in [-0.25, -0.2) is 0 Å². The van der Waals surface area contributed by atoms with Crippen molar-refractivity contribution in [2.75, 3.05) is 6.54 Å². The van der Waals surface area contributed by atoms with E-state index in [-0.39, 0.29) is 5.91 Å². The maximum atomic E-state index is 11.9. The van der Waals surface area contributed by atoms with Crippen LogP contribution in [0.4, 0.5) is 0 Å². The quantitative estimate of drug-likeness (QED) is 0.782.